The van der Waals surface area contributed by atoms with Gasteiger partial charge in [-0.25, -0.2) is 4.98 Å². The van der Waals surface area contributed by atoms with Crippen LogP contribution < -0.4 is 5.73 Å². The standard InChI is InChI=1S/C14H24N2OS/c1-9(2)11(15)6-10(17)7-13-16-12(8-18-13)14(3,4)5/h8-9,11H,6-7,15H2,1-5H3. The lowest BCUT2D eigenvalue weighted by molar-refractivity contribution is -0.118. The third-order valence-corrected chi connectivity index (χ3v) is 3.84. The first-order valence-corrected chi connectivity index (χ1v) is 7.30. The van der Waals surface area contributed by atoms with E-state index in [9.17, 15) is 4.79 Å². The molecule has 0 bridgehead atoms. The maximum atomic E-state index is 11.9. The number of ketones is 1. The lowest BCUT2D eigenvalue weighted by Gasteiger charge is -2.14. The molecular formula is C14H24N2OS. The molecule has 2 N–H and O–H groups in total. The van der Waals surface area contributed by atoms with Gasteiger partial charge in [0, 0.05) is 23.3 Å². The molecule has 0 saturated heterocycles. The van der Waals surface area contributed by atoms with Gasteiger partial charge < -0.3 is 5.73 Å². The summed E-state index contributed by atoms with van der Waals surface area (Å²) in [6.45, 7) is 10.5. The number of carbonyl (C=O) groups excluding carboxylic acids is 1. The van der Waals surface area contributed by atoms with E-state index >= 15 is 0 Å². The Morgan fingerprint density at radius 2 is 2.06 bits per heavy atom. The van der Waals surface area contributed by atoms with Gasteiger partial charge in [-0.05, 0) is 5.92 Å². The van der Waals surface area contributed by atoms with Gasteiger partial charge >= 0.3 is 0 Å². The molecule has 1 aromatic heterocycles. The van der Waals surface area contributed by atoms with E-state index < -0.39 is 0 Å². The monoisotopic (exact) mass is 268 g/mol. The van der Waals surface area contributed by atoms with E-state index in [4.69, 9.17) is 5.73 Å². The molecule has 18 heavy (non-hydrogen) atoms. The predicted octanol–water partition coefficient (Wildman–Crippen LogP) is 2.93. The van der Waals surface area contributed by atoms with E-state index in [0.717, 1.165) is 10.7 Å². The molecule has 1 atom stereocenters. The Labute approximate surface area is 114 Å². The molecular weight excluding hydrogens is 244 g/mol. The zero-order valence-electron chi connectivity index (χ0n) is 12.0. The molecule has 0 fully saturated rings. The minimum absolute atomic E-state index is 0.0421. The second kappa shape index (κ2) is 5.93. The van der Waals surface area contributed by atoms with Gasteiger partial charge in [0.05, 0.1) is 12.1 Å². The maximum absolute atomic E-state index is 11.9. The van der Waals surface area contributed by atoms with Crippen LogP contribution in [0.4, 0.5) is 0 Å². The second-order valence-electron chi connectivity index (χ2n) is 6.20. The van der Waals surface area contributed by atoms with Crippen LogP contribution in [-0.2, 0) is 16.6 Å². The van der Waals surface area contributed by atoms with E-state index in [2.05, 4.69) is 25.8 Å². The number of aromatic nitrogens is 1. The number of rotatable bonds is 5. The Morgan fingerprint density at radius 1 is 1.44 bits per heavy atom. The smallest absolute Gasteiger partial charge is 0.141 e. The summed E-state index contributed by atoms with van der Waals surface area (Å²) in [6, 6.07) is -0.0421. The summed E-state index contributed by atoms with van der Waals surface area (Å²) >= 11 is 1.57. The summed E-state index contributed by atoms with van der Waals surface area (Å²) in [5.74, 6) is 0.529. The van der Waals surface area contributed by atoms with Crippen molar-refractivity contribution in [1.82, 2.24) is 4.98 Å². The molecule has 0 aliphatic rings. The van der Waals surface area contributed by atoms with Crippen molar-refractivity contribution < 1.29 is 4.79 Å². The zero-order chi connectivity index (χ0) is 13.9. The molecule has 0 saturated carbocycles. The first-order valence-electron chi connectivity index (χ1n) is 6.42. The number of Topliss-reactive ketones (excluding diaryl/α,β-unsaturated/α-hetero) is 1. The van der Waals surface area contributed by atoms with Crippen LogP contribution in [0.3, 0.4) is 0 Å². The van der Waals surface area contributed by atoms with Crippen LogP contribution in [0, 0.1) is 5.92 Å². The topological polar surface area (TPSA) is 56.0 Å². The number of thiazole rings is 1. The molecule has 0 aliphatic carbocycles. The quantitative estimate of drug-likeness (QED) is 0.893. The van der Waals surface area contributed by atoms with Gasteiger partial charge in [0.15, 0.2) is 0 Å². The molecule has 1 aromatic rings. The Bertz CT molecular complexity index is 404. The molecule has 1 rings (SSSR count). The third kappa shape index (κ3) is 4.50. The van der Waals surface area contributed by atoms with E-state index in [1.54, 1.807) is 11.3 Å². The van der Waals surface area contributed by atoms with Crippen molar-refractivity contribution in [3.8, 4) is 0 Å². The molecule has 0 radical (unpaired) electrons. The number of nitrogens with zero attached hydrogens (tertiary/aromatic N) is 1. The zero-order valence-corrected chi connectivity index (χ0v) is 12.8. The summed E-state index contributed by atoms with van der Waals surface area (Å²) in [6.07, 6.45) is 0.864. The molecule has 1 unspecified atom stereocenters. The average Bonchev–Trinajstić information content (AvgIpc) is 2.64. The van der Waals surface area contributed by atoms with Gasteiger partial charge in [-0.3, -0.25) is 4.79 Å². The van der Waals surface area contributed by atoms with E-state index in [-0.39, 0.29) is 17.2 Å². The van der Waals surface area contributed by atoms with Crippen molar-refractivity contribution in [3.63, 3.8) is 0 Å². The number of hydrogen-bond donors (Lipinski definition) is 1. The van der Waals surface area contributed by atoms with Crippen molar-refractivity contribution in [2.75, 3.05) is 0 Å². The van der Waals surface area contributed by atoms with Crippen LogP contribution in [0.2, 0.25) is 0 Å². The summed E-state index contributed by atoms with van der Waals surface area (Å²) in [7, 11) is 0. The summed E-state index contributed by atoms with van der Waals surface area (Å²) in [4.78, 5) is 16.4. The van der Waals surface area contributed by atoms with Crippen molar-refractivity contribution in [2.45, 2.75) is 58.9 Å². The van der Waals surface area contributed by atoms with Gasteiger partial charge in [-0.2, -0.15) is 0 Å². The van der Waals surface area contributed by atoms with Crippen LogP contribution in [0.15, 0.2) is 5.38 Å². The Balaban J connectivity index is 2.58. The highest BCUT2D eigenvalue weighted by Crippen LogP contribution is 2.24. The lowest BCUT2D eigenvalue weighted by atomic mass is 9.93. The fourth-order valence-corrected chi connectivity index (χ4v) is 2.53. The van der Waals surface area contributed by atoms with Gasteiger partial charge in [0.25, 0.3) is 0 Å². The van der Waals surface area contributed by atoms with Crippen molar-refractivity contribution in [3.05, 3.63) is 16.1 Å². The number of hydrogen-bond acceptors (Lipinski definition) is 4. The van der Waals surface area contributed by atoms with Gasteiger partial charge in [0.2, 0.25) is 0 Å². The Kier molecular flexibility index (Phi) is 5.05. The van der Waals surface area contributed by atoms with Crippen LogP contribution >= 0.6 is 11.3 Å². The normalized spacial score (nSPS) is 13.9. The SMILES string of the molecule is CC(C)C(N)CC(=O)Cc1nc(C(C)(C)C)cs1. The molecule has 0 spiro atoms. The second-order valence-corrected chi connectivity index (χ2v) is 7.15. The van der Waals surface area contributed by atoms with Gasteiger partial charge in [-0.15, -0.1) is 11.3 Å². The molecule has 102 valence electrons. The van der Waals surface area contributed by atoms with E-state index in [1.807, 2.05) is 19.2 Å². The molecule has 0 aromatic carbocycles. The highest BCUT2D eigenvalue weighted by atomic mass is 32.1. The van der Waals surface area contributed by atoms with Crippen LogP contribution in [0.25, 0.3) is 0 Å². The third-order valence-electron chi connectivity index (χ3n) is 2.99. The number of carbonyl (C=O) groups is 1. The van der Waals surface area contributed by atoms with E-state index in [1.165, 1.54) is 0 Å². The molecule has 3 nitrogen and oxygen atoms in total. The van der Waals surface area contributed by atoms with Crippen LogP contribution in [0.1, 0.15) is 51.7 Å². The fraction of sp³-hybridized carbons (Fsp3) is 0.714. The van der Waals surface area contributed by atoms with E-state index in [0.29, 0.717) is 18.8 Å². The first kappa shape index (κ1) is 15.3. The molecule has 1 heterocycles. The average molecular weight is 268 g/mol. The predicted molar refractivity (Wildman–Crippen MR) is 77.0 cm³/mol. The summed E-state index contributed by atoms with van der Waals surface area (Å²) < 4.78 is 0. The Morgan fingerprint density at radius 3 is 2.50 bits per heavy atom. The fourth-order valence-electron chi connectivity index (χ4n) is 1.48. The minimum Gasteiger partial charge on any atom is -0.327 e. The molecule has 0 amide bonds. The highest BCUT2D eigenvalue weighted by molar-refractivity contribution is 7.09. The first-order chi connectivity index (χ1) is 8.20. The largest absolute Gasteiger partial charge is 0.327 e. The van der Waals surface area contributed by atoms with Crippen molar-refractivity contribution in [2.24, 2.45) is 11.7 Å². The Hall–Kier alpha value is -0.740. The molecule has 4 heteroatoms. The highest BCUT2D eigenvalue weighted by Gasteiger charge is 2.19. The van der Waals surface area contributed by atoms with Crippen molar-refractivity contribution in [1.29, 1.82) is 0 Å². The maximum Gasteiger partial charge on any atom is 0.141 e. The summed E-state index contributed by atoms with van der Waals surface area (Å²) in [5, 5.41) is 2.95. The van der Waals surface area contributed by atoms with Crippen LogP contribution in [-0.4, -0.2) is 16.8 Å². The number of nitrogens with two attached hydrogens (primary N) is 1. The van der Waals surface area contributed by atoms with Crippen LogP contribution in [0.5, 0.6) is 0 Å². The lowest BCUT2D eigenvalue weighted by Crippen LogP contribution is -2.29. The summed E-state index contributed by atoms with van der Waals surface area (Å²) in [5.41, 5.74) is 7.01. The van der Waals surface area contributed by atoms with Gasteiger partial charge in [0.1, 0.15) is 10.8 Å². The molecule has 0 aliphatic heterocycles. The van der Waals surface area contributed by atoms with Crippen molar-refractivity contribution >= 4 is 17.1 Å². The van der Waals surface area contributed by atoms with Gasteiger partial charge in [-0.1, -0.05) is 34.6 Å². The minimum atomic E-state index is -0.0421.